The van der Waals surface area contributed by atoms with Crippen LogP contribution in [0.3, 0.4) is 0 Å². The lowest BCUT2D eigenvalue weighted by Gasteiger charge is -2.35. The number of carbonyl (C=O) groups excluding carboxylic acids is 2. The van der Waals surface area contributed by atoms with Crippen LogP contribution in [0, 0.1) is 17.3 Å². The maximum absolute atomic E-state index is 13.2. The van der Waals surface area contributed by atoms with Crippen LogP contribution in [0.1, 0.15) is 61.8 Å². The van der Waals surface area contributed by atoms with Gasteiger partial charge in [0.1, 0.15) is 12.1 Å². The molecule has 0 radical (unpaired) electrons. The van der Waals surface area contributed by atoms with Crippen molar-refractivity contribution in [2.75, 3.05) is 6.54 Å². The SMILES string of the molecule is CC(C)[C@@H]1C[C@@H](C(=O)O)N(C(=O)[C@@H](NC(=O)NC(C)(C)C)C(C)(C)C)C1. The molecule has 3 N–H and O–H groups in total. The quantitative estimate of drug-likeness (QED) is 0.709. The van der Waals surface area contributed by atoms with E-state index in [0.29, 0.717) is 18.9 Å². The first-order valence-corrected chi connectivity index (χ1v) is 9.25. The van der Waals surface area contributed by atoms with Crippen LogP contribution in [0.5, 0.6) is 0 Å². The van der Waals surface area contributed by atoms with Gasteiger partial charge in [-0.1, -0.05) is 34.6 Å². The summed E-state index contributed by atoms with van der Waals surface area (Å²) < 4.78 is 0. The highest BCUT2D eigenvalue weighted by Gasteiger charge is 2.45. The van der Waals surface area contributed by atoms with Gasteiger partial charge >= 0.3 is 12.0 Å². The molecular formula is C19H35N3O4. The van der Waals surface area contributed by atoms with Crippen LogP contribution >= 0.6 is 0 Å². The van der Waals surface area contributed by atoms with Crippen LogP contribution in [0.25, 0.3) is 0 Å². The summed E-state index contributed by atoms with van der Waals surface area (Å²) >= 11 is 0. The average molecular weight is 370 g/mol. The van der Waals surface area contributed by atoms with E-state index < -0.39 is 35.0 Å². The number of carboxylic acid groups (broad SMARTS) is 1. The Kier molecular flexibility index (Phi) is 6.71. The molecule has 0 bridgehead atoms. The van der Waals surface area contributed by atoms with Crippen molar-refractivity contribution in [2.45, 2.75) is 79.4 Å². The van der Waals surface area contributed by atoms with Crippen molar-refractivity contribution >= 4 is 17.9 Å². The molecule has 150 valence electrons. The number of carboxylic acids is 1. The van der Waals surface area contributed by atoms with Crippen LogP contribution in [0.2, 0.25) is 0 Å². The second-order valence-electron chi connectivity index (χ2n) is 9.73. The van der Waals surface area contributed by atoms with Gasteiger partial charge in [-0.15, -0.1) is 0 Å². The number of likely N-dealkylation sites (tertiary alicyclic amines) is 1. The minimum atomic E-state index is -0.992. The van der Waals surface area contributed by atoms with E-state index in [1.54, 1.807) is 0 Å². The highest BCUT2D eigenvalue weighted by molar-refractivity contribution is 5.91. The molecule has 0 aromatic carbocycles. The molecule has 0 spiro atoms. The third-order valence-electron chi connectivity index (χ3n) is 4.72. The smallest absolute Gasteiger partial charge is 0.326 e. The fraction of sp³-hybridized carbons (Fsp3) is 0.842. The minimum Gasteiger partial charge on any atom is -0.480 e. The first-order valence-electron chi connectivity index (χ1n) is 9.25. The van der Waals surface area contributed by atoms with Gasteiger partial charge in [0.25, 0.3) is 0 Å². The molecule has 0 aromatic rings. The topological polar surface area (TPSA) is 98.7 Å². The third-order valence-corrected chi connectivity index (χ3v) is 4.72. The number of hydrogen-bond donors (Lipinski definition) is 3. The zero-order chi connectivity index (χ0) is 20.4. The van der Waals surface area contributed by atoms with E-state index in [1.807, 2.05) is 55.4 Å². The number of nitrogens with zero attached hydrogens (tertiary/aromatic N) is 1. The van der Waals surface area contributed by atoms with Crippen molar-refractivity contribution in [1.29, 1.82) is 0 Å². The fourth-order valence-corrected chi connectivity index (χ4v) is 3.15. The third kappa shape index (κ3) is 5.88. The van der Waals surface area contributed by atoms with Gasteiger partial charge in [0.05, 0.1) is 0 Å². The Balaban J connectivity index is 3.04. The summed E-state index contributed by atoms with van der Waals surface area (Å²) in [6.07, 6.45) is 0.448. The van der Waals surface area contributed by atoms with E-state index in [2.05, 4.69) is 10.6 Å². The Morgan fingerprint density at radius 2 is 1.62 bits per heavy atom. The fourth-order valence-electron chi connectivity index (χ4n) is 3.15. The summed E-state index contributed by atoms with van der Waals surface area (Å²) in [6.45, 7) is 15.6. The molecule has 0 unspecified atom stereocenters. The number of carbonyl (C=O) groups is 3. The highest BCUT2D eigenvalue weighted by atomic mass is 16.4. The Bertz CT molecular complexity index is 546. The predicted molar refractivity (Wildman–Crippen MR) is 101 cm³/mol. The van der Waals surface area contributed by atoms with Gasteiger partial charge in [-0.2, -0.15) is 0 Å². The van der Waals surface area contributed by atoms with Crippen LogP contribution < -0.4 is 10.6 Å². The standard InChI is InChI=1S/C19H35N3O4/c1-11(2)12-9-13(16(24)25)22(10-12)15(23)14(18(3,4)5)20-17(26)21-19(6,7)8/h11-14H,9-10H2,1-8H3,(H,24,25)(H2,20,21,26)/t12-,13+,14-/m1/s1. The monoisotopic (exact) mass is 369 g/mol. The second kappa shape index (κ2) is 7.84. The summed E-state index contributed by atoms with van der Waals surface area (Å²) in [6, 6.07) is -2.08. The molecule has 3 amide bonds. The second-order valence-corrected chi connectivity index (χ2v) is 9.73. The first-order chi connectivity index (χ1) is 11.6. The summed E-state index contributed by atoms with van der Waals surface area (Å²) in [7, 11) is 0. The van der Waals surface area contributed by atoms with Crippen molar-refractivity contribution in [3.8, 4) is 0 Å². The average Bonchev–Trinajstić information content (AvgIpc) is 2.86. The zero-order valence-electron chi connectivity index (χ0n) is 17.3. The Hall–Kier alpha value is -1.79. The van der Waals surface area contributed by atoms with Gasteiger partial charge in [-0.05, 0) is 44.4 Å². The van der Waals surface area contributed by atoms with Crippen molar-refractivity contribution in [2.24, 2.45) is 17.3 Å². The van der Waals surface area contributed by atoms with E-state index in [0.717, 1.165) is 0 Å². The predicted octanol–water partition coefficient (Wildman–Crippen LogP) is 2.46. The van der Waals surface area contributed by atoms with Gasteiger partial charge in [0.15, 0.2) is 0 Å². The molecule has 0 saturated carbocycles. The van der Waals surface area contributed by atoms with Crippen LogP contribution in [-0.4, -0.2) is 52.1 Å². The molecule has 1 saturated heterocycles. The van der Waals surface area contributed by atoms with Crippen LogP contribution in [0.15, 0.2) is 0 Å². The highest BCUT2D eigenvalue weighted by Crippen LogP contribution is 2.32. The number of aliphatic carboxylic acids is 1. The van der Waals surface area contributed by atoms with E-state index in [-0.39, 0.29) is 11.8 Å². The maximum atomic E-state index is 13.2. The lowest BCUT2D eigenvalue weighted by molar-refractivity contribution is -0.150. The van der Waals surface area contributed by atoms with Crippen molar-refractivity contribution in [3.63, 3.8) is 0 Å². The molecule has 1 heterocycles. The van der Waals surface area contributed by atoms with Crippen LogP contribution in [0.4, 0.5) is 4.79 Å². The molecule has 1 aliphatic rings. The summed E-state index contributed by atoms with van der Waals surface area (Å²) in [5.41, 5.74) is -0.985. The van der Waals surface area contributed by atoms with E-state index in [4.69, 9.17) is 0 Å². The van der Waals surface area contributed by atoms with Crippen molar-refractivity contribution in [3.05, 3.63) is 0 Å². The number of rotatable bonds is 4. The molecule has 1 fully saturated rings. The molecule has 0 aromatic heterocycles. The molecule has 7 heteroatoms. The minimum absolute atomic E-state index is 0.143. The number of urea groups is 1. The summed E-state index contributed by atoms with van der Waals surface area (Å²) in [5.74, 6) is -0.894. The largest absolute Gasteiger partial charge is 0.480 e. The zero-order valence-corrected chi connectivity index (χ0v) is 17.3. The molecule has 26 heavy (non-hydrogen) atoms. The van der Waals surface area contributed by atoms with Gasteiger partial charge in [-0.3, -0.25) is 4.79 Å². The number of nitrogens with one attached hydrogen (secondary N) is 2. The Morgan fingerprint density at radius 1 is 1.08 bits per heavy atom. The van der Waals surface area contributed by atoms with Gasteiger partial charge in [0, 0.05) is 12.1 Å². The van der Waals surface area contributed by atoms with Gasteiger partial charge in [0.2, 0.25) is 5.91 Å². The molecule has 3 atom stereocenters. The number of amides is 3. The van der Waals surface area contributed by atoms with Crippen LogP contribution in [-0.2, 0) is 9.59 Å². The van der Waals surface area contributed by atoms with Gasteiger partial charge < -0.3 is 20.6 Å². The lowest BCUT2D eigenvalue weighted by Crippen LogP contribution is -2.59. The summed E-state index contributed by atoms with van der Waals surface area (Å²) in [4.78, 5) is 38.6. The molecule has 7 nitrogen and oxygen atoms in total. The molecule has 0 aliphatic carbocycles. The van der Waals surface area contributed by atoms with Gasteiger partial charge in [-0.25, -0.2) is 9.59 Å². The van der Waals surface area contributed by atoms with E-state index >= 15 is 0 Å². The molecule has 1 rings (SSSR count). The normalized spacial score (nSPS) is 22.3. The number of hydrogen-bond acceptors (Lipinski definition) is 3. The first kappa shape index (κ1) is 22.3. The maximum Gasteiger partial charge on any atom is 0.326 e. The molecule has 1 aliphatic heterocycles. The van der Waals surface area contributed by atoms with E-state index in [1.165, 1.54) is 4.90 Å². The summed E-state index contributed by atoms with van der Waals surface area (Å²) in [5, 5.41) is 15.1. The van der Waals surface area contributed by atoms with E-state index in [9.17, 15) is 19.5 Å². The van der Waals surface area contributed by atoms with Crippen molar-refractivity contribution in [1.82, 2.24) is 15.5 Å². The van der Waals surface area contributed by atoms with Crippen molar-refractivity contribution < 1.29 is 19.5 Å². The Labute approximate surface area is 156 Å². The Morgan fingerprint density at radius 3 is 2.00 bits per heavy atom. The molecular weight excluding hydrogens is 334 g/mol. The lowest BCUT2D eigenvalue weighted by atomic mass is 9.85.